The van der Waals surface area contributed by atoms with Crippen molar-refractivity contribution in [3.05, 3.63) is 53.7 Å². The molecule has 114 valence electrons. The summed E-state index contributed by atoms with van der Waals surface area (Å²) in [5.74, 6) is 1.10. The second kappa shape index (κ2) is 5.33. The molecule has 3 aromatic rings. The van der Waals surface area contributed by atoms with Gasteiger partial charge in [0, 0.05) is 17.4 Å². The number of aromatic nitrogens is 2. The van der Waals surface area contributed by atoms with Crippen LogP contribution in [0.4, 0.5) is 5.82 Å². The molecule has 0 spiro atoms. The first-order valence-electron chi connectivity index (χ1n) is 7.34. The van der Waals surface area contributed by atoms with E-state index in [0.717, 1.165) is 22.3 Å². The largest absolute Gasteiger partial charge is 0.384 e. The molecule has 0 radical (unpaired) electrons. The maximum Gasteiger partial charge on any atom is 0.127 e. The number of nitrogen functional groups attached to an aromatic ring is 1. The Morgan fingerprint density at radius 2 is 1.86 bits per heavy atom. The van der Waals surface area contributed by atoms with Crippen LogP contribution in [0, 0.1) is 0 Å². The monoisotopic (exact) mass is 313 g/mol. The molecule has 0 saturated heterocycles. The van der Waals surface area contributed by atoms with Crippen LogP contribution in [0.1, 0.15) is 32.0 Å². The van der Waals surface area contributed by atoms with Gasteiger partial charge in [-0.15, -0.1) is 11.6 Å². The van der Waals surface area contributed by atoms with Gasteiger partial charge in [-0.05, 0) is 28.5 Å². The van der Waals surface area contributed by atoms with Gasteiger partial charge >= 0.3 is 0 Å². The van der Waals surface area contributed by atoms with Crippen molar-refractivity contribution in [3.63, 3.8) is 0 Å². The average molecular weight is 314 g/mol. The summed E-state index contributed by atoms with van der Waals surface area (Å²) >= 11 is 6.12. The molecule has 2 aromatic carbocycles. The van der Waals surface area contributed by atoms with Gasteiger partial charge in [-0.25, -0.2) is 4.68 Å². The molecule has 1 heterocycles. The smallest absolute Gasteiger partial charge is 0.127 e. The van der Waals surface area contributed by atoms with Crippen LogP contribution >= 0.6 is 11.6 Å². The molecule has 4 heteroatoms. The summed E-state index contributed by atoms with van der Waals surface area (Å²) in [6.07, 6.45) is 0. The molecule has 3 nitrogen and oxygen atoms in total. The summed E-state index contributed by atoms with van der Waals surface area (Å²) < 4.78 is 1.79. The first kappa shape index (κ1) is 14.9. The molecule has 0 saturated carbocycles. The molecule has 0 unspecified atom stereocenters. The lowest BCUT2D eigenvalue weighted by Gasteiger charge is -2.14. The van der Waals surface area contributed by atoms with E-state index < -0.39 is 0 Å². The number of alkyl halides is 1. The lowest BCUT2D eigenvalue weighted by molar-refractivity contribution is 0.560. The highest BCUT2D eigenvalue weighted by Crippen LogP contribution is 2.28. The summed E-state index contributed by atoms with van der Waals surface area (Å²) in [5, 5.41) is 6.99. The van der Waals surface area contributed by atoms with Gasteiger partial charge in [0.2, 0.25) is 0 Å². The van der Waals surface area contributed by atoms with E-state index in [2.05, 4.69) is 50.1 Å². The Kier molecular flexibility index (Phi) is 3.61. The number of nitrogens with zero attached hydrogens (tertiary/aromatic N) is 2. The molecular weight excluding hydrogens is 294 g/mol. The third kappa shape index (κ3) is 2.57. The Labute approximate surface area is 135 Å². The van der Waals surface area contributed by atoms with Gasteiger partial charge in [0.1, 0.15) is 5.82 Å². The lowest BCUT2D eigenvalue weighted by Crippen LogP contribution is -2.12. The Bertz CT molecular complexity index is 828. The van der Waals surface area contributed by atoms with Crippen LogP contribution in [-0.4, -0.2) is 9.78 Å². The standard InChI is InChI=1S/C18H20ClN3/c1-18(2,3)16-10-17(20)22(21-16)14-8-12-6-4-5-7-15(12)13(9-14)11-19/h4-10H,11,20H2,1-3H3. The molecule has 3 rings (SSSR count). The van der Waals surface area contributed by atoms with E-state index in [-0.39, 0.29) is 5.41 Å². The van der Waals surface area contributed by atoms with Crippen molar-refractivity contribution in [1.82, 2.24) is 9.78 Å². The highest BCUT2D eigenvalue weighted by molar-refractivity contribution is 6.18. The lowest BCUT2D eigenvalue weighted by atomic mass is 9.92. The Morgan fingerprint density at radius 1 is 1.14 bits per heavy atom. The van der Waals surface area contributed by atoms with Gasteiger partial charge < -0.3 is 5.73 Å². The molecule has 22 heavy (non-hydrogen) atoms. The molecule has 0 aliphatic rings. The van der Waals surface area contributed by atoms with E-state index in [1.54, 1.807) is 4.68 Å². The van der Waals surface area contributed by atoms with E-state index in [4.69, 9.17) is 17.3 Å². The van der Waals surface area contributed by atoms with E-state index in [1.165, 1.54) is 5.39 Å². The van der Waals surface area contributed by atoms with Crippen molar-refractivity contribution in [2.24, 2.45) is 0 Å². The van der Waals surface area contributed by atoms with E-state index in [0.29, 0.717) is 11.7 Å². The van der Waals surface area contributed by atoms with Crippen LogP contribution in [0.2, 0.25) is 0 Å². The zero-order valence-electron chi connectivity index (χ0n) is 13.1. The van der Waals surface area contributed by atoms with Gasteiger partial charge in [0.15, 0.2) is 0 Å². The SMILES string of the molecule is CC(C)(C)c1cc(N)n(-c2cc(CCl)c3ccccc3c2)n1. The van der Waals surface area contributed by atoms with Crippen molar-refractivity contribution in [2.75, 3.05) is 5.73 Å². The van der Waals surface area contributed by atoms with Gasteiger partial charge in [-0.3, -0.25) is 0 Å². The number of hydrogen-bond acceptors (Lipinski definition) is 2. The fourth-order valence-corrected chi connectivity index (χ4v) is 2.80. The highest BCUT2D eigenvalue weighted by atomic mass is 35.5. The van der Waals surface area contributed by atoms with Crippen molar-refractivity contribution in [1.29, 1.82) is 0 Å². The molecule has 2 N–H and O–H groups in total. The number of benzene rings is 2. The Hall–Kier alpha value is -2.00. The highest BCUT2D eigenvalue weighted by Gasteiger charge is 2.19. The molecule has 0 aliphatic carbocycles. The number of anilines is 1. The fraction of sp³-hybridized carbons (Fsp3) is 0.278. The van der Waals surface area contributed by atoms with Gasteiger partial charge in [-0.1, -0.05) is 45.0 Å². The second-order valence-electron chi connectivity index (χ2n) is 6.58. The number of hydrogen-bond donors (Lipinski definition) is 1. The summed E-state index contributed by atoms with van der Waals surface area (Å²) in [6, 6.07) is 14.3. The van der Waals surface area contributed by atoms with Crippen LogP contribution in [0.5, 0.6) is 0 Å². The minimum Gasteiger partial charge on any atom is -0.384 e. The minimum absolute atomic E-state index is 0.0362. The van der Waals surface area contributed by atoms with Crippen LogP contribution < -0.4 is 5.73 Å². The number of rotatable bonds is 2. The molecule has 1 aromatic heterocycles. The van der Waals surface area contributed by atoms with Crippen molar-refractivity contribution < 1.29 is 0 Å². The number of nitrogens with two attached hydrogens (primary N) is 1. The van der Waals surface area contributed by atoms with Gasteiger partial charge in [0.05, 0.1) is 11.4 Å². The summed E-state index contributed by atoms with van der Waals surface area (Å²) in [5.41, 5.74) is 9.15. The first-order chi connectivity index (χ1) is 10.4. The summed E-state index contributed by atoms with van der Waals surface area (Å²) in [7, 11) is 0. The predicted molar refractivity (Wildman–Crippen MR) is 93.7 cm³/mol. The molecule has 0 bridgehead atoms. The maximum atomic E-state index is 6.17. The topological polar surface area (TPSA) is 43.8 Å². The van der Waals surface area contributed by atoms with Crippen molar-refractivity contribution in [2.45, 2.75) is 32.1 Å². The van der Waals surface area contributed by atoms with Gasteiger partial charge in [-0.2, -0.15) is 5.10 Å². The molecule has 0 atom stereocenters. The predicted octanol–water partition coefficient (Wildman–Crippen LogP) is 4.64. The second-order valence-corrected chi connectivity index (χ2v) is 6.84. The molecule has 0 amide bonds. The van der Waals surface area contributed by atoms with Crippen LogP contribution in [-0.2, 0) is 11.3 Å². The first-order valence-corrected chi connectivity index (χ1v) is 7.87. The maximum absolute atomic E-state index is 6.17. The third-order valence-corrected chi connectivity index (χ3v) is 4.11. The number of halogens is 1. The summed E-state index contributed by atoms with van der Waals surface area (Å²) in [6.45, 7) is 6.39. The quantitative estimate of drug-likeness (QED) is 0.700. The van der Waals surface area contributed by atoms with Gasteiger partial charge in [0.25, 0.3) is 0 Å². The molecule has 0 fully saturated rings. The normalized spacial score (nSPS) is 12.0. The fourth-order valence-electron chi connectivity index (χ4n) is 2.57. The Balaban J connectivity index is 2.20. The minimum atomic E-state index is -0.0362. The van der Waals surface area contributed by atoms with Crippen LogP contribution in [0.25, 0.3) is 16.5 Å². The van der Waals surface area contributed by atoms with Crippen molar-refractivity contribution in [3.8, 4) is 5.69 Å². The Morgan fingerprint density at radius 3 is 2.50 bits per heavy atom. The van der Waals surface area contributed by atoms with E-state index in [1.807, 2.05) is 18.2 Å². The third-order valence-electron chi connectivity index (χ3n) is 3.83. The number of fused-ring (bicyclic) bond motifs is 1. The van der Waals surface area contributed by atoms with Crippen molar-refractivity contribution >= 4 is 28.2 Å². The van der Waals surface area contributed by atoms with E-state index >= 15 is 0 Å². The molecule has 0 aliphatic heterocycles. The average Bonchev–Trinajstić information content (AvgIpc) is 2.88. The zero-order valence-corrected chi connectivity index (χ0v) is 13.9. The summed E-state index contributed by atoms with van der Waals surface area (Å²) in [4.78, 5) is 0. The van der Waals surface area contributed by atoms with E-state index in [9.17, 15) is 0 Å². The van der Waals surface area contributed by atoms with Crippen LogP contribution in [0.3, 0.4) is 0 Å². The van der Waals surface area contributed by atoms with Crippen LogP contribution in [0.15, 0.2) is 42.5 Å². The molecular formula is C18H20ClN3. The zero-order chi connectivity index (χ0) is 15.9.